The molecule has 0 bridgehead atoms. The fourth-order valence-corrected chi connectivity index (χ4v) is 2.69. The van der Waals surface area contributed by atoms with Crippen LogP contribution in [0.25, 0.3) is 11.5 Å². The van der Waals surface area contributed by atoms with E-state index >= 15 is 0 Å². The lowest BCUT2D eigenvalue weighted by Gasteiger charge is -2.29. The molecule has 0 unspecified atom stereocenters. The molecule has 1 fully saturated rings. The first kappa shape index (κ1) is 16.2. The third kappa shape index (κ3) is 3.79. The second-order valence-corrected chi connectivity index (χ2v) is 5.76. The molecular formula is C17H19N3O4. The minimum Gasteiger partial charge on any atom is -0.455 e. The summed E-state index contributed by atoms with van der Waals surface area (Å²) in [6, 6.07) is 9.40. The van der Waals surface area contributed by atoms with Gasteiger partial charge < -0.3 is 14.1 Å². The highest BCUT2D eigenvalue weighted by Crippen LogP contribution is 2.20. The summed E-state index contributed by atoms with van der Waals surface area (Å²) in [7, 11) is 0. The van der Waals surface area contributed by atoms with Crippen LogP contribution in [0, 0.1) is 5.92 Å². The summed E-state index contributed by atoms with van der Waals surface area (Å²) in [5.74, 6) is 0.246. The standard InChI is InChI=1S/C17H19N3O4/c1-12(21)20-9-7-14(8-10-20)17(22)23-11-15-18-19-16(24-15)13-5-3-2-4-6-13/h2-6,14H,7-11H2,1H3. The highest BCUT2D eigenvalue weighted by Gasteiger charge is 2.27. The molecule has 7 heteroatoms. The number of likely N-dealkylation sites (tertiary alicyclic amines) is 1. The minimum absolute atomic E-state index is 0.0361. The zero-order valence-corrected chi connectivity index (χ0v) is 13.5. The van der Waals surface area contributed by atoms with E-state index in [1.807, 2.05) is 30.3 Å². The molecule has 0 N–H and O–H groups in total. The van der Waals surface area contributed by atoms with Gasteiger partial charge in [-0.25, -0.2) is 0 Å². The summed E-state index contributed by atoms with van der Waals surface area (Å²) in [5.41, 5.74) is 0.819. The van der Waals surface area contributed by atoms with Crippen molar-refractivity contribution >= 4 is 11.9 Å². The van der Waals surface area contributed by atoms with Crippen LogP contribution in [0.3, 0.4) is 0 Å². The highest BCUT2D eigenvalue weighted by atomic mass is 16.5. The Balaban J connectivity index is 1.50. The first-order chi connectivity index (χ1) is 11.6. The Morgan fingerprint density at radius 3 is 2.58 bits per heavy atom. The summed E-state index contributed by atoms with van der Waals surface area (Å²) < 4.78 is 10.8. The van der Waals surface area contributed by atoms with Gasteiger partial charge in [-0.2, -0.15) is 0 Å². The number of amides is 1. The summed E-state index contributed by atoms with van der Waals surface area (Å²) in [5, 5.41) is 7.85. The van der Waals surface area contributed by atoms with Gasteiger partial charge in [-0.3, -0.25) is 9.59 Å². The van der Waals surface area contributed by atoms with E-state index in [1.165, 1.54) is 0 Å². The SMILES string of the molecule is CC(=O)N1CCC(C(=O)OCc2nnc(-c3ccccc3)o2)CC1. The average molecular weight is 329 g/mol. The summed E-state index contributed by atoms with van der Waals surface area (Å²) in [6.07, 6.45) is 1.25. The number of hydrogen-bond donors (Lipinski definition) is 0. The molecule has 1 saturated heterocycles. The van der Waals surface area contributed by atoms with Crippen LogP contribution in [-0.2, 0) is 20.9 Å². The predicted octanol–water partition coefficient (Wildman–Crippen LogP) is 2.04. The van der Waals surface area contributed by atoms with Crippen LogP contribution in [0.2, 0.25) is 0 Å². The molecule has 2 aromatic rings. The molecule has 1 aliphatic rings. The van der Waals surface area contributed by atoms with E-state index in [-0.39, 0.29) is 30.3 Å². The van der Waals surface area contributed by atoms with Crippen LogP contribution in [0.15, 0.2) is 34.7 Å². The number of carbonyl (C=O) groups is 2. The largest absolute Gasteiger partial charge is 0.455 e. The third-order valence-corrected chi connectivity index (χ3v) is 4.10. The van der Waals surface area contributed by atoms with E-state index < -0.39 is 0 Å². The van der Waals surface area contributed by atoms with Crippen molar-refractivity contribution in [3.63, 3.8) is 0 Å². The molecule has 0 spiro atoms. The molecule has 126 valence electrons. The molecule has 7 nitrogen and oxygen atoms in total. The summed E-state index contributed by atoms with van der Waals surface area (Å²) in [6.45, 7) is 2.69. The fourth-order valence-electron chi connectivity index (χ4n) is 2.69. The zero-order chi connectivity index (χ0) is 16.9. The topological polar surface area (TPSA) is 85.5 Å². The molecule has 0 atom stereocenters. The van der Waals surface area contributed by atoms with Crippen molar-refractivity contribution < 1.29 is 18.7 Å². The first-order valence-electron chi connectivity index (χ1n) is 7.93. The van der Waals surface area contributed by atoms with Gasteiger partial charge in [0.2, 0.25) is 11.8 Å². The minimum atomic E-state index is -0.280. The Bertz CT molecular complexity index is 706. The lowest BCUT2D eigenvalue weighted by Crippen LogP contribution is -2.39. The molecule has 0 aliphatic carbocycles. The van der Waals surface area contributed by atoms with Gasteiger partial charge in [0.15, 0.2) is 6.61 Å². The van der Waals surface area contributed by atoms with Crippen LogP contribution < -0.4 is 0 Å². The van der Waals surface area contributed by atoms with Gasteiger partial charge in [0.25, 0.3) is 5.89 Å². The van der Waals surface area contributed by atoms with E-state index in [9.17, 15) is 9.59 Å². The molecule has 1 aliphatic heterocycles. The van der Waals surface area contributed by atoms with Crippen molar-refractivity contribution in [2.75, 3.05) is 13.1 Å². The summed E-state index contributed by atoms with van der Waals surface area (Å²) >= 11 is 0. The molecule has 3 rings (SSSR count). The number of rotatable bonds is 4. The number of nitrogens with zero attached hydrogens (tertiary/aromatic N) is 3. The molecule has 1 aromatic carbocycles. The number of piperidine rings is 1. The molecular weight excluding hydrogens is 310 g/mol. The van der Waals surface area contributed by atoms with E-state index in [1.54, 1.807) is 11.8 Å². The fraction of sp³-hybridized carbons (Fsp3) is 0.412. The number of carbonyl (C=O) groups excluding carboxylic acids is 2. The monoisotopic (exact) mass is 329 g/mol. The van der Waals surface area contributed by atoms with Crippen LogP contribution >= 0.6 is 0 Å². The van der Waals surface area contributed by atoms with Gasteiger partial charge in [-0.15, -0.1) is 10.2 Å². The lowest BCUT2D eigenvalue weighted by molar-refractivity contribution is -0.153. The van der Waals surface area contributed by atoms with Crippen LogP contribution in [0.1, 0.15) is 25.7 Å². The Morgan fingerprint density at radius 1 is 1.21 bits per heavy atom. The second kappa shape index (κ2) is 7.25. The lowest BCUT2D eigenvalue weighted by atomic mass is 9.97. The van der Waals surface area contributed by atoms with Crippen molar-refractivity contribution in [3.8, 4) is 11.5 Å². The Hall–Kier alpha value is -2.70. The van der Waals surface area contributed by atoms with Crippen molar-refractivity contribution in [1.29, 1.82) is 0 Å². The molecule has 2 heterocycles. The Morgan fingerprint density at radius 2 is 1.92 bits per heavy atom. The van der Waals surface area contributed by atoms with E-state index in [0.717, 1.165) is 5.56 Å². The van der Waals surface area contributed by atoms with E-state index in [2.05, 4.69) is 10.2 Å². The third-order valence-electron chi connectivity index (χ3n) is 4.10. The molecule has 0 radical (unpaired) electrons. The number of benzene rings is 1. The smallest absolute Gasteiger partial charge is 0.309 e. The zero-order valence-electron chi connectivity index (χ0n) is 13.5. The number of esters is 1. The van der Waals surface area contributed by atoms with Crippen molar-refractivity contribution in [2.45, 2.75) is 26.4 Å². The van der Waals surface area contributed by atoms with Crippen molar-refractivity contribution in [2.24, 2.45) is 5.92 Å². The predicted molar refractivity (Wildman–Crippen MR) is 84.5 cm³/mol. The van der Waals surface area contributed by atoms with Crippen molar-refractivity contribution in [1.82, 2.24) is 15.1 Å². The first-order valence-corrected chi connectivity index (χ1v) is 7.93. The maximum Gasteiger partial charge on any atom is 0.309 e. The quantitative estimate of drug-likeness (QED) is 0.798. The van der Waals surface area contributed by atoms with Crippen molar-refractivity contribution in [3.05, 3.63) is 36.2 Å². The van der Waals surface area contributed by atoms with Crippen LogP contribution in [0.4, 0.5) is 0 Å². The number of ether oxygens (including phenoxy) is 1. The van der Waals surface area contributed by atoms with E-state index in [0.29, 0.717) is 31.8 Å². The maximum atomic E-state index is 12.1. The van der Waals surface area contributed by atoms with Gasteiger partial charge in [-0.1, -0.05) is 18.2 Å². The highest BCUT2D eigenvalue weighted by molar-refractivity contribution is 5.75. The van der Waals surface area contributed by atoms with Crippen LogP contribution in [0.5, 0.6) is 0 Å². The van der Waals surface area contributed by atoms with Gasteiger partial charge in [0.1, 0.15) is 0 Å². The number of hydrogen-bond acceptors (Lipinski definition) is 6. The summed E-state index contributed by atoms with van der Waals surface area (Å²) in [4.78, 5) is 25.1. The van der Waals surface area contributed by atoms with Gasteiger partial charge in [0, 0.05) is 25.6 Å². The van der Waals surface area contributed by atoms with Gasteiger partial charge in [0.05, 0.1) is 5.92 Å². The van der Waals surface area contributed by atoms with Gasteiger partial charge >= 0.3 is 5.97 Å². The normalized spacial score (nSPS) is 15.3. The van der Waals surface area contributed by atoms with Crippen LogP contribution in [-0.4, -0.2) is 40.1 Å². The Labute approximate surface area is 139 Å². The Kier molecular flexibility index (Phi) is 4.88. The van der Waals surface area contributed by atoms with Gasteiger partial charge in [-0.05, 0) is 25.0 Å². The molecule has 1 amide bonds. The maximum absolute atomic E-state index is 12.1. The van der Waals surface area contributed by atoms with E-state index in [4.69, 9.17) is 9.15 Å². The second-order valence-electron chi connectivity index (χ2n) is 5.76. The number of aromatic nitrogens is 2. The average Bonchev–Trinajstić information content (AvgIpc) is 3.09. The molecule has 24 heavy (non-hydrogen) atoms. The molecule has 1 aromatic heterocycles. The molecule has 0 saturated carbocycles.